The summed E-state index contributed by atoms with van der Waals surface area (Å²) in [5.41, 5.74) is 7.54. The molecule has 2 rings (SSSR count). The molecule has 1 aliphatic rings. The summed E-state index contributed by atoms with van der Waals surface area (Å²) in [5, 5.41) is 0. The zero-order valence-corrected chi connectivity index (χ0v) is 13.2. The first kappa shape index (κ1) is 17.5. The first-order valence-electron chi connectivity index (χ1n) is 7.15. The third kappa shape index (κ3) is 4.09. The van der Waals surface area contributed by atoms with Gasteiger partial charge in [-0.3, -0.25) is 10.9 Å². The second kappa shape index (κ2) is 7.58. The SMILES string of the molecule is C=C1N=C(NNc2ccc(OC(F)F)cc2)C(C)=C1C(=O)OCC. The van der Waals surface area contributed by atoms with Crippen LogP contribution in [0.2, 0.25) is 0 Å². The molecule has 0 saturated heterocycles. The molecule has 0 amide bonds. The second-order valence-electron chi connectivity index (χ2n) is 4.78. The van der Waals surface area contributed by atoms with Crippen LogP contribution in [0.3, 0.4) is 0 Å². The summed E-state index contributed by atoms with van der Waals surface area (Å²) in [4.78, 5) is 16.0. The normalized spacial score (nSPS) is 13.9. The fourth-order valence-electron chi connectivity index (χ4n) is 2.06. The Kier molecular flexibility index (Phi) is 5.51. The predicted molar refractivity (Wildman–Crippen MR) is 85.7 cm³/mol. The van der Waals surface area contributed by atoms with Crippen molar-refractivity contribution in [3.05, 3.63) is 47.7 Å². The molecule has 0 fully saturated rings. The number of esters is 1. The molecule has 128 valence electrons. The number of ether oxygens (including phenoxy) is 2. The van der Waals surface area contributed by atoms with E-state index in [4.69, 9.17) is 4.74 Å². The number of carbonyl (C=O) groups excluding carboxylic acids is 1. The van der Waals surface area contributed by atoms with E-state index < -0.39 is 12.6 Å². The summed E-state index contributed by atoms with van der Waals surface area (Å²) in [6.45, 7) is 4.56. The summed E-state index contributed by atoms with van der Waals surface area (Å²) in [6, 6.07) is 5.91. The summed E-state index contributed by atoms with van der Waals surface area (Å²) in [6.07, 6.45) is 0. The largest absolute Gasteiger partial charge is 0.462 e. The summed E-state index contributed by atoms with van der Waals surface area (Å²) >= 11 is 0. The maximum atomic E-state index is 12.1. The fraction of sp³-hybridized carbons (Fsp3) is 0.250. The molecule has 0 spiro atoms. The molecule has 1 heterocycles. The van der Waals surface area contributed by atoms with Gasteiger partial charge in [-0.1, -0.05) is 6.58 Å². The molecule has 0 aliphatic carbocycles. The summed E-state index contributed by atoms with van der Waals surface area (Å²) in [5.74, 6) is 0.00724. The number of anilines is 1. The lowest BCUT2D eigenvalue weighted by molar-refractivity contribution is -0.138. The minimum absolute atomic E-state index is 0.0582. The van der Waals surface area contributed by atoms with E-state index in [2.05, 4.69) is 27.2 Å². The second-order valence-corrected chi connectivity index (χ2v) is 4.78. The van der Waals surface area contributed by atoms with Crippen LogP contribution in [0.4, 0.5) is 14.5 Å². The van der Waals surface area contributed by atoms with Crippen molar-refractivity contribution < 1.29 is 23.0 Å². The molecule has 8 heteroatoms. The van der Waals surface area contributed by atoms with Gasteiger partial charge < -0.3 is 9.47 Å². The molecule has 0 saturated carbocycles. The van der Waals surface area contributed by atoms with Crippen LogP contribution in [0.5, 0.6) is 5.75 Å². The quantitative estimate of drug-likeness (QED) is 0.617. The maximum Gasteiger partial charge on any atom is 0.387 e. The highest BCUT2D eigenvalue weighted by atomic mass is 19.3. The number of alkyl halides is 2. The average Bonchev–Trinajstić information content (AvgIpc) is 2.80. The Bertz CT molecular complexity index is 697. The molecule has 0 aromatic heterocycles. The van der Waals surface area contributed by atoms with Gasteiger partial charge in [-0.2, -0.15) is 8.78 Å². The molecule has 6 nitrogen and oxygen atoms in total. The maximum absolute atomic E-state index is 12.1. The van der Waals surface area contributed by atoms with Crippen LogP contribution in [-0.4, -0.2) is 25.0 Å². The van der Waals surface area contributed by atoms with Crippen molar-refractivity contribution in [3.8, 4) is 5.75 Å². The molecule has 2 N–H and O–H groups in total. The predicted octanol–water partition coefficient (Wildman–Crippen LogP) is 3.01. The molecule has 0 unspecified atom stereocenters. The van der Waals surface area contributed by atoms with Gasteiger partial charge in [-0.05, 0) is 38.1 Å². The van der Waals surface area contributed by atoms with Gasteiger partial charge >= 0.3 is 12.6 Å². The molecular weight excluding hydrogens is 320 g/mol. The Balaban J connectivity index is 2.00. The van der Waals surface area contributed by atoms with Crippen molar-refractivity contribution in [2.24, 2.45) is 4.99 Å². The Labute approximate surface area is 137 Å². The van der Waals surface area contributed by atoms with Crippen LogP contribution in [0.1, 0.15) is 13.8 Å². The molecule has 1 aromatic rings. The van der Waals surface area contributed by atoms with E-state index in [0.29, 0.717) is 28.4 Å². The van der Waals surface area contributed by atoms with Crippen molar-refractivity contribution in [2.45, 2.75) is 20.5 Å². The number of hydrogen-bond donors (Lipinski definition) is 2. The number of nitrogens with zero attached hydrogens (tertiary/aromatic N) is 1. The molecule has 1 aliphatic heterocycles. The Morgan fingerprint density at radius 2 is 1.96 bits per heavy atom. The number of halogens is 2. The van der Waals surface area contributed by atoms with Gasteiger partial charge in [0.15, 0.2) is 0 Å². The molecule has 0 radical (unpaired) electrons. The van der Waals surface area contributed by atoms with E-state index in [0.717, 1.165) is 0 Å². The van der Waals surface area contributed by atoms with Crippen LogP contribution in [0, 0.1) is 0 Å². The third-order valence-corrected chi connectivity index (χ3v) is 3.15. The minimum atomic E-state index is -2.87. The lowest BCUT2D eigenvalue weighted by Crippen LogP contribution is -2.29. The van der Waals surface area contributed by atoms with E-state index in [1.54, 1.807) is 26.0 Å². The lowest BCUT2D eigenvalue weighted by Gasteiger charge is -2.11. The number of benzene rings is 1. The topological polar surface area (TPSA) is 72.0 Å². The van der Waals surface area contributed by atoms with Gasteiger partial charge in [-0.25, -0.2) is 9.79 Å². The number of nitrogens with one attached hydrogen (secondary N) is 2. The monoisotopic (exact) mass is 337 g/mol. The number of rotatable bonds is 6. The Morgan fingerprint density at radius 1 is 1.29 bits per heavy atom. The molecule has 0 atom stereocenters. The van der Waals surface area contributed by atoms with Crippen LogP contribution in [0.25, 0.3) is 0 Å². The highest BCUT2D eigenvalue weighted by Gasteiger charge is 2.26. The summed E-state index contributed by atoms with van der Waals surface area (Å²) in [7, 11) is 0. The van der Waals surface area contributed by atoms with E-state index >= 15 is 0 Å². The number of aliphatic imine (C=N–C) groups is 1. The van der Waals surface area contributed by atoms with Crippen molar-refractivity contribution in [2.75, 3.05) is 12.0 Å². The van der Waals surface area contributed by atoms with E-state index in [-0.39, 0.29) is 12.4 Å². The molecule has 24 heavy (non-hydrogen) atoms. The number of hydrogen-bond acceptors (Lipinski definition) is 6. The number of amidine groups is 1. The number of carbonyl (C=O) groups is 1. The van der Waals surface area contributed by atoms with E-state index in [1.165, 1.54) is 12.1 Å². The lowest BCUT2D eigenvalue weighted by atomic mass is 10.1. The summed E-state index contributed by atoms with van der Waals surface area (Å²) < 4.78 is 33.4. The van der Waals surface area contributed by atoms with Crippen molar-refractivity contribution in [1.29, 1.82) is 0 Å². The first-order valence-corrected chi connectivity index (χ1v) is 7.15. The van der Waals surface area contributed by atoms with E-state index in [1.807, 2.05) is 0 Å². The van der Waals surface area contributed by atoms with Crippen LogP contribution in [0.15, 0.2) is 52.7 Å². The average molecular weight is 337 g/mol. The van der Waals surface area contributed by atoms with Crippen LogP contribution >= 0.6 is 0 Å². The van der Waals surface area contributed by atoms with Gasteiger partial charge in [0, 0.05) is 5.57 Å². The standard InChI is InChI=1S/C16H17F2N3O3/c1-4-23-15(22)13-9(2)14(19-10(13)3)21-20-11-5-7-12(8-6-11)24-16(17)18/h5-8,16,20H,3-4H2,1-2H3,(H,19,21). The van der Waals surface area contributed by atoms with Crippen LogP contribution < -0.4 is 15.6 Å². The van der Waals surface area contributed by atoms with Crippen molar-refractivity contribution in [3.63, 3.8) is 0 Å². The van der Waals surface area contributed by atoms with Gasteiger partial charge in [0.25, 0.3) is 0 Å². The first-order chi connectivity index (χ1) is 11.4. The minimum Gasteiger partial charge on any atom is -0.462 e. The van der Waals surface area contributed by atoms with Gasteiger partial charge in [0.2, 0.25) is 0 Å². The molecule has 1 aromatic carbocycles. The third-order valence-electron chi connectivity index (χ3n) is 3.15. The van der Waals surface area contributed by atoms with E-state index in [9.17, 15) is 13.6 Å². The Hall–Kier alpha value is -2.90. The van der Waals surface area contributed by atoms with Gasteiger partial charge in [0.05, 0.1) is 23.6 Å². The Morgan fingerprint density at radius 3 is 2.54 bits per heavy atom. The van der Waals surface area contributed by atoms with Gasteiger partial charge in [-0.15, -0.1) is 0 Å². The highest BCUT2D eigenvalue weighted by Crippen LogP contribution is 2.24. The van der Waals surface area contributed by atoms with Gasteiger partial charge in [0.1, 0.15) is 11.6 Å². The fourth-order valence-corrected chi connectivity index (χ4v) is 2.06. The van der Waals surface area contributed by atoms with Crippen molar-refractivity contribution in [1.82, 2.24) is 5.43 Å². The smallest absolute Gasteiger partial charge is 0.387 e. The molecule has 0 bridgehead atoms. The zero-order valence-electron chi connectivity index (χ0n) is 13.2. The zero-order chi connectivity index (χ0) is 17.7. The van der Waals surface area contributed by atoms with Crippen molar-refractivity contribution >= 4 is 17.5 Å². The molecular formula is C16H17F2N3O3. The number of hydrazine groups is 1. The van der Waals surface area contributed by atoms with Crippen LogP contribution in [-0.2, 0) is 9.53 Å². The highest BCUT2D eigenvalue weighted by molar-refractivity contribution is 6.11.